The third-order valence-corrected chi connectivity index (χ3v) is 6.09. The molecule has 0 saturated carbocycles. The van der Waals surface area contributed by atoms with Gasteiger partial charge in [0.15, 0.2) is 11.5 Å². The van der Waals surface area contributed by atoms with E-state index in [-0.39, 0.29) is 17.2 Å². The highest BCUT2D eigenvalue weighted by Crippen LogP contribution is 2.33. The summed E-state index contributed by atoms with van der Waals surface area (Å²) < 4.78 is 37.6. The predicted molar refractivity (Wildman–Crippen MR) is 101 cm³/mol. The van der Waals surface area contributed by atoms with E-state index in [1.807, 2.05) is 30.3 Å². The first-order chi connectivity index (χ1) is 12.8. The lowest BCUT2D eigenvalue weighted by Crippen LogP contribution is -2.37. The van der Waals surface area contributed by atoms with E-state index >= 15 is 0 Å². The highest BCUT2D eigenvalue weighted by molar-refractivity contribution is 7.89. The fourth-order valence-corrected chi connectivity index (χ4v) is 4.32. The summed E-state index contributed by atoms with van der Waals surface area (Å²) in [5.74, 6) is -0.548. The minimum absolute atomic E-state index is 0.00513. The first-order valence-electron chi connectivity index (χ1n) is 8.28. The minimum Gasteiger partial charge on any atom is -0.493 e. The third-order valence-electron chi connectivity index (χ3n) is 4.10. The standard InChI is InChI=1S/C19H23NO6S/c1-14-11-16(25-2)17(26-3)12-18(14)27(23,24)20(13-19(21)22)10-9-15-7-5-4-6-8-15/h4-8,11-12H,9-10,13H2,1-3H3,(H,21,22). The Morgan fingerprint density at radius 3 is 2.22 bits per heavy atom. The molecule has 146 valence electrons. The van der Waals surface area contributed by atoms with E-state index in [0.29, 0.717) is 17.7 Å². The molecule has 0 aliphatic heterocycles. The van der Waals surface area contributed by atoms with Crippen molar-refractivity contribution in [3.63, 3.8) is 0 Å². The van der Waals surface area contributed by atoms with Gasteiger partial charge in [-0.15, -0.1) is 0 Å². The molecule has 1 N–H and O–H groups in total. The normalized spacial score (nSPS) is 11.4. The van der Waals surface area contributed by atoms with Crippen LogP contribution in [0.25, 0.3) is 0 Å². The zero-order chi connectivity index (χ0) is 20.0. The van der Waals surface area contributed by atoms with Crippen molar-refractivity contribution in [1.29, 1.82) is 0 Å². The van der Waals surface area contributed by atoms with Crippen LogP contribution in [0.2, 0.25) is 0 Å². The molecule has 0 aliphatic rings. The fraction of sp³-hybridized carbons (Fsp3) is 0.316. The lowest BCUT2D eigenvalue weighted by Gasteiger charge is -2.22. The molecule has 0 radical (unpaired) electrons. The van der Waals surface area contributed by atoms with Gasteiger partial charge < -0.3 is 14.6 Å². The lowest BCUT2D eigenvalue weighted by atomic mass is 10.1. The number of rotatable bonds is 9. The molecule has 8 heteroatoms. The van der Waals surface area contributed by atoms with Gasteiger partial charge in [-0.05, 0) is 30.5 Å². The highest BCUT2D eigenvalue weighted by Gasteiger charge is 2.29. The second kappa shape index (κ2) is 8.88. The quantitative estimate of drug-likeness (QED) is 0.703. The summed E-state index contributed by atoms with van der Waals surface area (Å²) in [5, 5.41) is 9.19. The molecule has 0 spiro atoms. The van der Waals surface area contributed by atoms with Crippen molar-refractivity contribution in [3.8, 4) is 11.5 Å². The number of hydrogen-bond acceptors (Lipinski definition) is 5. The first-order valence-corrected chi connectivity index (χ1v) is 9.72. The van der Waals surface area contributed by atoms with Crippen LogP contribution in [0.4, 0.5) is 0 Å². The third kappa shape index (κ3) is 4.99. The Morgan fingerprint density at radius 2 is 1.67 bits per heavy atom. The maximum Gasteiger partial charge on any atom is 0.318 e. The van der Waals surface area contributed by atoms with Crippen molar-refractivity contribution in [2.24, 2.45) is 0 Å². The fourth-order valence-electron chi connectivity index (χ4n) is 2.71. The first kappa shape index (κ1) is 20.7. The van der Waals surface area contributed by atoms with E-state index in [1.54, 1.807) is 13.0 Å². The smallest absolute Gasteiger partial charge is 0.318 e. The van der Waals surface area contributed by atoms with Crippen LogP contribution < -0.4 is 9.47 Å². The SMILES string of the molecule is COc1cc(C)c(S(=O)(=O)N(CCc2ccccc2)CC(=O)O)cc1OC. The zero-order valence-electron chi connectivity index (χ0n) is 15.5. The number of methoxy groups -OCH3 is 2. The van der Waals surface area contributed by atoms with E-state index in [2.05, 4.69) is 0 Å². The van der Waals surface area contributed by atoms with Gasteiger partial charge in [-0.1, -0.05) is 30.3 Å². The van der Waals surface area contributed by atoms with Crippen LogP contribution in [0, 0.1) is 6.92 Å². The molecule has 0 fully saturated rings. The molecule has 0 heterocycles. The Balaban J connectivity index is 2.39. The molecule has 0 aromatic heterocycles. The number of aliphatic carboxylic acids is 1. The molecule has 0 amide bonds. The topological polar surface area (TPSA) is 93.1 Å². The number of ether oxygens (including phenoxy) is 2. The summed E-state index contributed by atoms with van der Waals surface area (Å²) in [4.78, 5) is 11.3. The number of nitrogens with zero attached hydrogens (tertiary/aromatic N) is 1. The van der Waals surface area contributed by atoms with E-state index in [9.17, 15) is 18.3 Å². The molecule has 27 heavy (non-hydrogen) atoms. The zero-order valence-corrected chi connectivity index (χ0v) is 16.3. The number of sulfonamides is 1. The predicted octanol–water partition coefficient (Wildman–Crippen LogP) is 2.33. The Morgan fingerprint density at radius 1 is 1.07 bits per heavy atom. The summed E-state index contributed by atoms with van der Waals surface area (Å²) in [7, 11) is -1.17. The second-order valence-corrected chi connectivity index (χ2v) is 7.85. The van der Waals surface area contributed by atoms with Crippen LogP contribution >= 0.6 is 0 Å². The molecule has 0 aliphatic carbocycles. The van der Waals surface area contributed by atoms with Gasteiger partial charge in [0.2, 0.25) is 10.0 Å². The monoisotopic (exact) mass is 393 g/mol. The van der Waals surface area contributed by atoms with Crippen molar-refractivity contribution >= 4 is 16.0 Å². The average molecular weight is 393 g/mol. The molecule has 2 rings (SSSR count). The van der Waals surface area contributed by atoms with Crippen molar-refractivity contribution < 1.29 is 27.8 Å². The van der Waals surface area contributed by atoms with Gasteiger partial charge in [-0.2, -0.15) is 4.31 Å². The molecular weight excluding hydrogens is 370 g/mol. The molecule has 0 bridgehead atoms. The number of carbonyl (C=O) groups is 1. The number of carboxylic acid groups (broad SMARTS) is 1. The minimum atomic E-state index is -4.04. The van der Waals surface area contributed by atoms with E-state index in [0.717, 1.165) is 9.87 Å². The Bertz CT molecular complexity index is 896. The maximum absolute atomic E-state index is 13.1. The molecule has 0 saturated heterocycles. The summed E-state index contributed by atoms with van der Waals surface area (Å²) in [6.45, 7) is 1.06. The van der Waals surface area contributed by atoms with Gasteiger partial charge in [-0.3, -0.25) is 4.79 Å². The summed E-state index contributed by atoms with van der Waals surface area (Å²) >= 11 is 0. The number of hydrogen-bond donors (Lipinski definition) is 1. The second-order valence-electron chi connectivity index (χ2n) is 5.94. The molecule has 0 unspecified atom stereocenters. The van der Waals surface area contributed by atoms with Gasteiger partial charge in [-0.25, -0.2) is 8.42 Å². The molecule has 0 atom stereocenters. The summed E-state index contributed by atoms with van der Waals surface area (Å²) in [5.41, 5.74) is 1.37. The molecule has 7 nitrogen and oxygen atoms in total. The van der Waals surface area contributed by atoms with Crippen molar-refractivity contribution in [2.45, 2.75) is 18.2 Å². The van der Waals surface area contributed by atoms with Crippen LogP contribution in [0.1, 0.15) is 11.1 Å². The van der Waals surface area contributed by atoms with Crippen LogP contribution in [0.3, 0.4) is 0 Å². The number of benzene rings is 2. The van der Waals surface area contributed by atoms with Gasteiger partial charge >= 0.3 is 5.97 Å². The lowest BCUT2D eigenvalue weighted by molar-refractivity contribution is -0.137. The Hall–Kier alpha value is -2.58. The summed E-state index contributed by atoms with van der Waals surface area (Å²) in [6.07, 6.45) is 0.402. The Kier molecular flexibility index (Phi) is 6.81. The van der Waals surface area contributed by atoms with Gasteiger partial charge in [0, 0.05) is 12.6 Å². The molecule has 2 aromatic rings. The number of carboxylic acids is 1. The Labute approximate surface area is 159 Å². The van der Waals surface area contributed by atoms with Crippen LogP contribution in [0.15, 0.2) is 47.4 Å². The van der Waals surface area contributed by atoms with Gasteiger partial charge in [0.1, 0.15) is 6.54 Å². The van der Waals surface area contributed by atoms with Crippen molar-refractivity contribution in [1.82, 2.24) is 4.31 Å². The van der Waals surface area contributed by atoms with Crippen LogP contribution in [0.5, 0.6) is 11.5 Å². The molecule has 2 aromatic carbocycles. The largest absolute Gasteiger partial charge is 0.493 e. The van der Waals surface area contributed by atoms with Crippen LogP contribution in [-0.4, -0.2) is 51.1 Å². The van der Waals surface area contributed by atoms with Crippen molar-refractivity contribution in [3.05, 3.63) is 53.6 Å². The van der Waals surface area contributed by atoms with Gasteiger partial charge in [0.25, 0.3) is 0 Å². The van der Waals surface area contributed by atoms with E-state index < -0.39 is 22.5 Å². The van der Waals surface area contributed by atoms with E-state index in [4.69, 9.17) is 9.47 Å². The van der Waals surface area contributed by atoms with Gasteiger partial charge in [0.05, 0.1) is 19.1 Å². The van der Waals surface area contributed by atoms with E-state index in [1.165, 1.54) is 20.3 Å². The van der Waals surface area contributed by atoms with Crippen molar-refractivity contribution in [2.75, 3.05) is 27.3 Å². The van der Waals surface area contributed by atoms with Crippen LogP contribution in [-0.2, 0) is 21.2 Å². The number of aryl methyl sites for hydroxylation is 1. The highest BCUT2D eigenvalue weighted by atomic mass is 32.2. The molecular formula is C19H23NO6S. The average Bonchev–Trinajstić information content (AvgIpc) is 2.65. The maximum atomic E-state index is 13.1. The summed E-state index contributed by atoms with van der Waals surface area (Å²) in [6, 6.07) is 12.2.